The van der Waals surface area contributed by atoms with E-state index in [9.17, 15) is 5.11 Å². The van der Waals surface area contributed by atoms with Crippen LogP contribution in [0.3, 0.4) is 0 Å². The normalized spacial score (nSPS) is 24.8. The van der Waals surface area contributed by atoms with Crippen LogP contribution in [-0.4, -0.2) is 5.11 Å². The molecule has 1 heteroatoms. The van der Waals surface area contributed by atoms with E-state index in [0.717, 1.165) is 18.4 Å². The van der Waals surface area contributed by atoms with Crippen LogP contribution in [0.2, 0.25) is 0 Å². The lowest BCUT2D eigenvalue weighted by molar-refractivity contribution is 0.00385. The fourth-order valence-corrected chi connectivity index (χ4v) is 3.29. The Hall–Kier alpha value is -0.820. The number of benzene rings is 1. The molecule has 1 saturated carbocycles. The highest BCUT2D eigenvalue weighted by Gasteiger charge is 2.37. The zero-order valence-corrected chi connectivity index (χ0v) is 11.9. The fourth-order valence-electron chi connectivity index (χ4n) is 3.29. The quantitative estimate of drug-likeness (QED) is 0.832. The summed E-state index contributed by atoms with van der Waals surface area (Å²) in [4.78, 5) is 0. The van der Waals surface area contributed by atoms with Crippen molar-refractivity contribution in [3.05, 3.63) is 35.4 Å². The van der Waals surface area contributed by atoms with Gasteiger partial charge in [0.25, 0.3) is 0 Å². The van der Waals surface area contributed by atoms with Gasteiger partial charge < -0.3 is 5.11 Å². The van der Waals surface area contributed by atoms with Gasteiger partial charge >= 0.3 is 0 Å². The Morgan fingerprint density at radius 1 is 1.22 bits per heavy atom. The highest BCUT2D eigenvalue weighted by Crippen LogP contribution is 2.46. The van der Waals surface area contributed by atoms with Crippen molar-refractivity contribution in [1.29, 1.82) is 0 Å². The molecule has 2 atom stereocenters. The first kappa shape index (κ1) is 13.6. The Morgan fingerprint density at radius 3 is 2.44 bits per heavy atom. The molecule has 1 aliphatic rings. The standard InChI is InChI=1S/C17H26O/c1-4-13-8-10-14(11-9-13)16(18)15-7-5-6-12-17(15,2)3/h8-11,15-16,18H,4-7,12H2,1-3H3. The van der Waals surface area contributed by atoms with Crippen LogP contribution in [0.25, 0.3) is 0 Å². The van der Waals surface area contributed by atoms with Crippen LogP contribution in [0, 0.1) is 11.3 Å². The van der Waals surface area contributed by atoms with Gasteiger partial charge in [-0.15, -0.1) is 0 Å². The monoisotopic (exact) mass is 246 g/mol. The van der Waals surface area contributed by atoms with Crippen molar-refractivity contribution in [2.45, 2.75) is 59.0 Å². The zero-order valence-electron chi connectivity index (χ0n) is 11.9. The number of aryl methyl sites for hydroxylation is 1. The maximum atomic E-state index is 10.6. The van der Waals surface area contributed by atoms with Crippen molar-refractivity contribution in [2.24, 2.45) is 11.3 Å². The van der Waals surface area contributed by atoms with Crippen LogP contribution < -0.4 is 0 Å². The molecular formula is C17H26O. The summed E-state index contributed by atoms with van der Waals surface area (Å²) in [6.07, 6.45) is 5.73. The average Bonchev–Trinajstić information content (AvgIpc) is 2.37. The van der Waals surface area contributed by atoms with Gasteiger partial charge in [-0.05, 0) is 41.7 Å². The summed E-state index contributed by atoms with van der Waals surface area (Å²) in [5.41, 5.74) is 2.70. The highest BCUT2D eigenvalue weighted by atomic mass is 16.3. The number of hydrogen-bond donors (Lipinski definition) is 1. The smallest absolute Gasteiger partial charge is 0.0823 e. The maximum absolute atomic E-state index is 10.6. The van der Waals surface area contributed by atoms with Crippen molar-refractivity contribution < 1.29 is 5.11 Å². The van der Waals surface area contributed by atoms with Crippen LogP contribution >= 0.6 is 0 Å². The predicted octanol–water partition coefficient (Wildman–Crippen LogP) is 4.50. The average molecular weight is 246 g/mol. The van der Waals surface area contributed by atoms with Crippen molar-refractivity contribution in [1.82, 2.24) is 0 Å². The molecule has 0 heterocycles. The SMILES string of the molecule is CCc1ccc(C(O)C2CCCCC2(C)C)cc1. The first-order valence-electron chi connectivity index (χ1n) is 7.31. The van der Waals surface area contributed by atoms with Gasteiger partial charge in [-0.1, -0.05) is 57.9 Å². The molecule has 1 N–H and O–H groups in total. The van der Waals surface area contributed by atoms with Crippen molar-refractivity contribution in [3.8, 4) is 0 Å². The third kappa shape index (κ3) is 2.77. The van der Waals surface area contributed by atoms with Crippen LogP contribution in [0.4, 0.5) is 0 Å². The molecule has 1 aromatic carbocycles. The predicted molar refractivity (Wildman–Crippen MR) is 76.5 cm³/mol. The Morgan fingerprint density at radius 2 is 1.89 bits per heavy atom. The fraction of sp³-hybridized carbons (Fsp3) is 0.647. The lowest BCUT2D eigenvalue weighted by atomic mass is 9.65. The summed E-state index contributed by atoms with van der Waals surface area (Å²) >= 11 is 0. The molecule has 2 unspecified atom stereocenters. The lowest BCUT2D eigenvalue weighted by Gasteiger charge is -2.41. The first-order chi connectivity index (χ1) is 8.54. The van der Waals surface area contributed by atoms with E-state index in [-0.39, 0.29) is 11.5 Å². The minimum atomic E-state index is -0.300. The molecule has 0 spiro atoms. The van der Waals surface area contributed by atoms with Crippen molar-refractivity contribution in [3.63, 3.8) is 0 Å². The molecule has 0 aliphatic heterocycles. The van der Waals surface area contributed by atoms with Crippen LogP contribution in [0.15, 0.2) is 24.3 Å². The van der Waals surface area contributed by atoms with Crippen LogP contribution in [-0.2, 0) is 6.42 Å². The molecule has 2 rings (SSSR count). The second kappa shape index (κ2) is 5.44. The van der Waals surface area contributed by atoms with Crippen LogP contribution in [0.5, 0.6) is 0 Å². The van der Waals surface area contributed by atoms with Crippen molar-refractivity contribution >= 4 is 0 Å². The van der Waals surface area contributed by atoms with E-state index in [2.05, 4.69) is 45.0 Å². The van der Waals surface area contributed by atoms with Gasteiger partial charge in [-0.25, -0.2) is 0 Å². The van der Waals surface area contributed by atoms with E-state index >= 15 is 0 Å². The summed E-state index contributed by atoms with van der Waals surface area (Å²) in [6, 6.07) is 8.51. The molecule has 0 aromatic heterocycles. The van der Waals surface area contributed by atoms with Gasteiger partial charge in [0.15, 0.2) is 0 Å². The van der Waals surface area contributed by atoms with E-state index < -0.39 is 0 Å². The Bertz CT molecular complexity index is 377. The Labute approximate surface area is 111 Å². The zero-order chi connectivity index (χ0) is 13.2. The molecule has 1 aliphatic carbocycles. The molecule has 0 saturated heterocycles. The molecule has 1 nitrogen and oxygen atoms in total. The van der Waals surface area contributed by atoms with Crippen molar-refractivity contribution in [2.75, 3.05) is 0 Å². The number of hydrogen-bond acceptors (Lipinski definition) is 1. The Balaban J connectivity index is 2.16. The first-order valence-corrected chi connectivity index (χ1v) is 7.31. The Kier molecular flexibility index (Phi) is 4.11. The maximum Gasteiger partial charge on any atom is 0.0823 e. The largest absolute Gasteiger partial charge is 0.388 e. The van der Waals surface area contributed by atoms with E-state index in [1.54, 1.807) is 0 Å². The molecule has 0 bridgehead atoms. The highest BCUT2D eigenvalue weighted by molar-refractivity contribution is 5.25. The molecular weight excluding hydrogens is 220 g/mol. The molecule has 0 radical (unpaired) electrons. The van der Waals surface area contributed by atoms with E-state index in [1.807, 2.05) is 0 Å². The third-order valence-corrected chi connectivity index (χ3v) is 4.70. The summed E-state index contributed by atoms with van der Waals surface area (Å²) in [5, 5.41) is 10.6. The minimum Gasteiger partial charge on any atom is -0.388 e. The van der Waals surface area contributed by atoms with Gasteiger partial charge in [0, 0.05) is 0 Å². The summed E-state index contributed by atoms with van der Waals surface area (Å²) in [5.74, 6) is 0.402. The molecule has 0 amide bonds. The van der Waals surface area contributed by atoms with Gasteiger partial charge in [0.1, 0.15) is 0 Å². The third-order valence-electron chi connectivity index (χ3n) is 4.70. The van der Waals surface area contributed by atoms with Gasteiger partial charge in [0.05, 0.1) is 6.10 Å². The van der Waals surface area contributed by atoms with E-state index in [4.69, 9.17) is 0 Å². The molecule has 18 heavy (non-hydrogen) atoms. The number of aliphatic hydroxyl groups is 1. The van der Waals surface area contributed by atoms with Crippen LogP contribution in [0.1, 0.15) is 63.7 Å². The topological polar surface area (TPSA) is 20.2 Å². The van der Waals surface area contributed by atoms with Gasteiger partial charge in [0.2, 0.25) is 0 Å². The molecule has 100 valence electrons. The molecule has 1 fully saturated rings. The minimum absolute atomic E-state index is 0.265. The summed E-state index contributed by atoms with van der Waals surface area (Å²) < 4.78 is 0. The van der Waals surface area contributed by atoms with Gasteiger partial charge in [-0.3, -0.25) is 0 Å². The van der Waals surface area contributed by atoms with E-state index in [0.29, 0.717) is 5.92 Å². The number of aliphatic hydroxyl groups excluding tert-OH is 1. The van der Waals surface area contributed by atoms with Gasteiger partial charge in [-0.2, -0.15) is 0 Å². The van der Waals surface area contributed by atoms with E-state index in [1.165, 1.54) is 24.8 Å². The summed E-state index contributed by atoms with van der Waals surface area (Å²) in [6.45, 7) is 6.77. The molecule has 1 aromatic rings. The lowest BCUT2D eigenvalue weighted by Crippen LogP contribution is -2.32. The second-order valence-corrected chi connectivity index (χ2v) is 6.38. The second-order valence-electron chi connectivity index (χ2n) is 6.38. The summed E-state index contributed by atoms with van der Waals surface area (Å²) in [7, 11) is 0. The number of rotatable bonds is 3.